The Morgan fingerprint density at radius 3 is 1.87 bits per heavy atom. The van der Waals surface area contributed by atoms with E-state index < -0.39 is 16.8 Å². The predicted octanol–water partition coefficient (Wildman–Crippen LogP) is 5.04. The quantitative estimate of drug-likeness (QED) is 0.622. The third-order valence-electron chi connectivity index (χ3n) is 3.77. The summed E-state index contributed by atoms with van der Waals surface area (Å²) in [5.41, 5.74) is 3.08. The second-order valence-corrected chi connectivity index (χ2v) is 7.98. The molecule has 172 valence electrons. The van der Waals surface area contributed by atoms with E-state index >= 15 is 0 Å². The van der Waals surface area contributed by atoms with Gasteiger partial charge in [0.05, 0.1) is 34.1 Å². The van der Waals surface area contributed by atoms with E-state index in [-0.39, 0.29) is 5.41 Å². The van der Waals surface area contributed by atoms with Gasteiger partial charge in [-0.05, 0) is 23.8 Å². The number of hydrogen-bond acceptors (Lipinski definition) is 6. The molecule has 0 bridgehead atoms. The highest BCUT2D eigenvalue weighted by Crippen LogP contribution is 2.33. The fourth-order valence-corrected chi connectivity index (χ4v) is 2.37. The van der Waals surface area contributed by atoms with Crippen molar-refractivity contribution in [1.29, 1.82) is 5.26 Å². The molecule has 0 spiro atoms. The van der Waals surface area contributed by atoms with E-state index in [0.29, 0.717) is 24.2 Å². The lowest BCUT2D eigenvalue weighted by Gasteiger charge is -2.19. The van der Waals surface area contributed by atoms with Crippen molar-refractivity contribution in [3.8, 4) is 28.7 Å². The average Bonchev–Trinajstić information content (AvgIpc) is 2.78. The number of nitrogens with zero attached hydrogens (tertiary/aromatic N) is 2. The SMILES string of the molecule is CF.COS(=O)C(F)F.COc1cc(OC)cc(-c2cc(C(C)(C)C)ncc2C#N)c1. The van der Waals surface area contributed by atoms with Crippen LogP contribution in [0.5, 0.6) is 11.5 Å². The van der Waals surface area contributed by atoms with Crippen molar-refractivity contribution in [1.82, 2.24) is 4.98 Å². The van der Waals surface area contributed by atoms with Crippen LogP contribution in [-0.4, -0.2) is 43.5 Å². The molecule has 1 aromatic heterocycles. The summed E-state index contributed by atoms with van der Waals surface area (Å²) in [4.78, 5) is 4.41. The van der Waals surface area contributed by atoms with Crippen molar-refractivity contribution in [3.05, 3.63) is 41.7 Å². The lowest BCUT2D eigenvalue weighted by Crippen LogP contribution is -2.13. The number of alkyl halides is 3. The number of halogens is 3. The highest BCUT2D eigenvalue weighted by atomic mass is 32.2. The van der Waals surface area contributed by atoms with Crippen LogP contribution in [0.4, 0.5) is 13.2 Å². The molecule has 31 heavy (non-hydrogen) atoms. The highest BCUT2D eigenvalue weighted by Gasteiger charge is 2.18. The van der Waals surface area contributed by atoms with Crippen molar-refractivity contribution in [2.45, 2.75) is 31.9 Å². The average molecular weight is 461 g/mol. The molecule has 0 fully saturated rings. The van der Waals surface area contributed by atoms with Crippen molar-refractivity contribution < 1.29 is 31.0 Å². The Balaban J connectivity index is 0.000000852. The Bertz CT molecular complexity index is 875. The summed E-state index contributed by atoms with van der Waals surface area (Å²) in [6, 6.07) is 9.76. The molecule has 0 radical (unpaired) electrons. The molecule has 0 amide bonds. The van der Waals surface area contributed by atoms with Crippen LogP contribution in [0.1, 0.15) is 32.0 Å². The van der Waals surface area contributed by atoms with E-state index in [1.165, 1.54) is 0 Å². The molecule has 2 aromatic rings. The van der Waals surface area contributed by atoms with Crippen LogP contribution in [0, 0.1) is 11.3 Å². The van der Waals surface area contributed by atoms with Gasteiger partial charge in [-0.1, -0.05) is 20.8 Å². The fourth-order valence-electron chi connectivity index (χ4n) is 2.23. The Hall–Kier alpha value is -2.64. The first-order valence-corrected chi connectivity index (χ1v) is 9.96. The van der Waals surface area contributed by atoms with Gasteiger partial charge in [0.2, 0.25) is 11.1 Å². The molecule has 1 aromatic carbocycles. The normalized spacial score (nSPS) is 11.3. The monoisotopic (exact) mass is 460 g/mol. The molecule has 6 nitrogen and oxygen atoms in total. The maximum atomic E-state index is 11.0. The molecule has 0 saturated heterocycles. The molecule has 0 saturated carbocycles. The largest absolute Gasteiger partial charge is 0.497 e. The van der Waals surface area contributed by atoms with E-state index in [2.05, 4.69) is 36.0 Å². The molecule has 10 heteroatoms. The van der Waals surface area contributed by atoms with E-state index in [9.17, 15) is 22.6 Å². The van der Waals surface area contributed by atoms with Gasteiger partial charge in [-0.2, -0.15) is 14.0 Å². The minimum atomic E-state index is -2.88. The minimum Gasteiger partial charge on any atom is -0.497 e. The van der Waals surface area contributed by atoms with Gasteiger partial charge in [0.1, 0.15) is 17.6 Å². The lowest BCUT2D eigenvalue weighted by molar-refractivity contribution is 0.225. The van der Waals surface area contributed by atoms with Crippen molar-refractivity contribution in [2.75, 3.05) is 28.5 Å². The molecule has 0 aliphatic heterocycles. The van der Waals surface area contributed by atoms with Crippen LogP contribution >= 0.6 is 0 Å². The molecular weight excluding hydrogens is 433 g/mol. The first kappa shape index (κ1) is 28.4. The maximum Gasteiger partial charge on any atom is 0.336 e. The maximum absolute atomic E-state index is 11.0. The van der Waals surface area contributed by atoms with E-state index in [1.54, 1.807) is 26.5 Å². The van der Waals surface area contributed by atoms with Gasteiger partial charge in [-0.3, -0.25) is 13.6 Å². The molecule has 1 atom stereocenters. The standard InChI is InChI=1S/C18H20N2O2.C2H4F2O2S.CH3F/c1-18(2,3)17-9-16(13(10-19)11-20-17)12-6-14(21-4)8-15(7-12)22-5;1-6-7(5)2(3)4;1-2/h6-9,11H,1-5H3;2H,1H3;1H3. The summed E-state index contributed by atoms with van der Waals surface area (Å²) in [6.07, 6.45) is 1.63. The van der Waals surface area contributed by atoms with Gasteiger partial charge in [0, 0.05) is 28.9 Å². The van der Waals surface area contributed by atoms with Crippen LogP contribution in [0.3, 0.4) is 0 Å². The van der Waals surface area contributed by atoms with Gasteiger partial charge in [0.25, 0.3) is 0 Å². The molecule has 0 aliphatic carbocycles. The van der Waals surface area contributed by atoms with Crippen LogP contribution in [0.25, 0.3) is 11.1 Å². The van der Waals surface area contributed by atoms with Gasteiger partial charge >= 0.3 is 5.76 Å². The summed E-state index contributed by atoms with van der Waals surface area (Å²) in [5.74, 6) is -1.51. The van der Waals surface area contributed by atoms with Crippen molar-refractivity contribution in [3.63, 3.8) is 0 Å². The van der Waals surface area contributed by atoms with Gasteiger partial charge in [-0.15, -0.1) is 0 Å². The number of methoxy groups -OCH3 is 2. The Kier molecular flexibility index (Phi) is 12.5. The van der Waals surface area contributed by atoms with E-state index in [1.807, 2.05) is 18.2 Å². The number of aromatic nitrogens is 1. The van der Waals surface area contributed by atoms with Crippen LogP contribution in [0.2, 0.25) is 0 Å². The number of rotatable bonds is 5. The zero-order valence-electron chi connectivity index (χ0n) is 18.5. The van der Waals surface area contributed by atoms with Gasteiger partial charge in [-0.25, -0.2) is 4.21 Å². The van der Waals surface area contributed by atoms with Crippen molar-refractivity contribution >= 4 is 11.1 Å². The van der Waals surface area contributed by atoms with Crippen LogP contribution in [-0.2, 0) is 20.7 Å². The number of benzene rings is 1. The topological polar surface area (TPSA) is 81.4 Å². The van der Waals surface area contributed by atoms with E-state index in [4.69, 9.17) is 9.47 Å². The molecule has 2 rings (SSSR count). The summed E-state index contributed by atoms with van der Waals surface area (Å²) in [5, 5.41) is 9.37. The lowest BCUT2D eigenvalue weighted by atomic mass is 9.89. The first-order chi connectivity index (χ1) is 14.6. The van der Waals surface area contributed by atoms with Gasteiger partial charge < -0.3 is 9.47 Å². The molecule has 0 aliphatic rings. The summed E-state index contributed by atoms with van der Waals surface area (Å²) < 4.78 is 55.5. The van der Waals surface area contributed by atoms with Crippen LogP contribution in [0.15, 0.2) is 30.5 Å². The van der Waals surface area contributed by atoms with Crippen molar-refractivity contribution in [2.24, 2.45) is 0 Å². The second kappa shape index (κ2) is 13.6. The second-order valence-electron chi connectivity index (χ2n) is 6.77. The zero-order chi connectivity index (χ0) is 24.2. The molecule has 0 N–H and O–H groups in total. The predicted molar refractivity (Wildman–Crippen MR) is 114 cm³/mol. The highest BCUT2D eigenvalue weighted by molar-refractivity contribution is 7.80. The Morgan fingerprint density at radius 1 is 1.03 bits per heavy atom. The molecule has 1 unspecified atom stereocenters. The number of nitriles is 1. The third-order valence-corrected chi connectivity index (χ3v) is 4.38. The molecular formula is C21H27F3N2O4S. The zero-order valence-corrected chi connectivity index (χ0v) is 19.4. The first-order valence-electron chi connectivity index (χ1n) is 8.82. The number of ether oxygens (including phenoxy) is 2. The number of hydrogen-bond donors (Lipinski definition) is 0. The smallest absolute Gasteiger partial charge is 0.336 e. The Labute approximate surface area is 183 Å². The van der Waals surface area contributed by atoms with E-state index in [0.717, 1.165) is 23.9 Å². The summed E-state index contributed by atoms with van der Waals surface area (Å²) in [6.45, 7) is 6.28. The minimum absolute atomic E-state index is 0.0916. The van der Waals surface area contributed by atoms with Gasteiger partial charge in [0.15, 0.2) is 0 Å². The Morgan fingerprint density at radius 2 is 1.55 bits per heavy atom. The number of pyridine rings is 1. The summed E-state index contributed by atoms with van der Waals surface area (Å²) >= 11 is -2.41. The third kappa shape index (κ3) is 8.94. The van der Waals surface area contributed by atoms with Crippen LogP contribution < -0.4 is 9.47 Å². The summed E-state index contributed by atoms with van der Waals surface area (Å²) in [7, 11) is 4.68. The molecule has 1 heterocycles. The fraction of sp³-hybridized carbons (Fsp3) is 0.429.